The number of rotatable bonds is 64. The minimum atomic E-state index is -1.07. The van der Waals surface area contributed by atoms with Gasteiger partial charge in [-0.05, 0) is 168 Å². The lowest BCUT2D eigenvalue weighted by Crippen LogP contribution is -2.51. The zero-order chi connectivity index (χ0) is 84.7. The van der Waals surface area contributed by atoms with E-state index < -0.39 is 30.1 Å². The van der Waals surface area contributed by atoms with Crippen molar-refractivity contribution in [2.75, 3.05) is 34.0 Å². The summed E-state index contributed by atoms with van der Waals surface area (Å²) in [4.78, 5) is 38.0. The first-order valence-electron chi connectivity index (χ1n) is 44.4. The van der Waals surface area contributed by atoms with Crippen LogP contribution >= 0.6 is 0 Å². The van der Waals surface area contributed by atoms with Crippen LogP contribution in [0.15, 0.2) is 176 Å². The van der Waals surface area contributed by atoms with Gasteiger partial charge in [-0.15, -0.1) is 0 Å². The largest absolute Gasteiger partial charge is 0.494 e. The third-order valence-corrected chi connectivity index (χ3v) is 21.0. The van der Waals surface area contributed by atoms with E-state index in [1.165, 1.54) is 195 Å². The van der Waals surface area contributed by atoms with E-state index >= 15 is 0 Å². The summed E-state index contributed by atoms with van der Waals surface area (Å²) in [7, 11) is 2.44. The molecule has 8 rings (SSSR count). The molecule has 672 valence electrons. The molecule has 0 fully saturated rings. The molecular weight excluding hydrogens is 1510 g/mol. The number of nitrogens with one attached hydrogen (secondary N) is 2. The standard InChI is InChI=1S/C102H134N2O16.12H2/c1-8-12-15-18-21-24-27-30-33-36-63-111-89-55-43-81(44-56-89)72-117-96-61-49-85(69-98(96)119-74-83-41-53-88(54-42-83)110-11-4)76-115-93-66-87(78-114-92-51-39-80(40-52-92)68-95(104-102(107)109-7)100(105)103-79(5)101(106)108-6)67-94(71-93)116-77-86-50-62-97(118-73-82-45-57-90(58-46-82)112-64-37-34-31-28-25-22-19-16-13-9-2)99(70-86)120-75-84-47-59-91(60-48-84)113-65-38-35-32-29-26-23-20-17-14-10-3;;;;;;;;;;;;/h4,39-62,66-67,69-71,79,95H,8-10,12-38,63-65,68,72-78H2,1-3,5-7H3,(H,103,105)(H,104,107);12*1H. The molecule has 0 saturated heterocycles. The van der Waals surface area contributed by atoms with Gasteiger partial charge < -0.3 is 72.2 Å². The van der Waals surface area contributed by atoms with Crippen molar-refractivity contribution in [1.82, 2.24) is 10.6 Å². The zero-order valence-corrected chi connectivity index (χ0v) is 72.5. The van der Waals surface area contributed by atoms with Gasteiger partial charge >= 0.3 is 12.1 Å². The number of amides is 2. The molecule has 0 aliphatic carbocycles. The monoisotopic (exact) mass is 1670 g/mol. The second-order valence-electron chi connectivity index (χ2n) is 31.1. The van der Waals surface area contributed by atoms with Gasteiger partial charge in [-0.3, -0.25) is 4.79 Å². The molecule has 2 amide bonds. The normalized spacial score (nSPS) is 11.5. The average Bonchev–Trinajstić information content (AvgIpc) is 0.839. The number of ether oxygens (including phenoxy) is 13. The molecule has 2 N–H and O–H groups in total. The van der Waals surface area contributed by atoms with Gasteiger partial charge in [-0.25, -0.2) is 9.59 Å². The van der Waals surface area contributed by atoms with Crippen LogP contribution in [0.5, 0.6) is 63.2 Å². The van der Waals surface area contributed by atoms with E-state index in [9.17, 15) is 14.4 Å². The van der Waals surface area contributed by atoms with Crippen LogP contribution in [-0.4, -0.2) is 64.1 Å². The van der Waals surface area contributed by atoms with Crippen LogP contribution in [0.4, 0.5) is 4.79 Å². The first-order chi connectivity index (χ1) is 58.9. The zero-order valence-electron chi connectivity index (χ0n) is 72.5. The lowest BCUT2D eigenvalue weighted by atomic mass is 10.0. The summed E-state index contributed by atoms with van der Waals surface area (Å²) in [6.07, 6.45) is 45.1. The number of terminal acetylenes is 1. The SMILES string of the molecule is C#COc1ccc(COc2cc(COc3cc(COc4ccc(CC(NC(=O)OC)C(=O)NC(C)C(=O)OC)cc4)cc(OCc4ccc(OCc5ccc(OCCCCCCCCCCCC)cc5)c(OCc5ccc(OCCCCCCCCCCCC)cc5)c4)c3)ccc2OCc2ccc(OCCCCCCCCCCCC)cc2)cc1.[HH].[HH].[HH].[HH].[HH].[HH].[HH].[HH].[HH].[HH].[HH].[HH]. The molecule has 18 nitrogen and oxygen atoms in total. The Labute approximate surface area is 733 Å². The third kappa shape index (κ3) is 38.2. The highest BCUT2D eigenvalue weighted by Gasteiger charge is 2.26. The summed E-state index contributed by atoms with van der Waals surface area (Å²) >= 11 is 0. The predicted octanol–water partition coefficient (Wildman–Crippen LogP) is 27.5. The molecule has 0 bridgehead atoms. The molecule has 8 aromatic rings. The van der Waals surface area contributed by atoms with Crippen molar-refractivity contribution in [2.45, 2.75) is 285 Å². The van der Waals surface area contributed by atoms with Crippen LogP contribution in [0, 0.1) is 12.5 Å². The molecule has 0 saturated carbocycles. The maximum Gasteiger partial charge on any atom is 0.407 e. The van der Waals surface area contributed by atoms with Crippen molar-refractivity contribution in [2.24, 2.45) is 0 Å². The molecule has 18 heteroatoms. The van der Waals surface area contributed by atoms with Crippen molar-refractivity contribution in [3.05, 3.63) is 220 Å². The molecule has 8 aromatic carbocycles. The van der Waals surface area contributed by atoms with Gasteiger partial charge in [-0.2, -0.15) is 0 Å². The van der Waals surface area contributed by atoms with Crippen LogP contribution in [-0.2, 0) is 71.7 Å². The van der Waals surface area contributed by atoms with Crippen LogP contribution in [0.3, 0.4) is 0 Å². The van der Waals surface area contributed by atoms with Crippen molar-refractivity contribution < 1.29 is 93.1 Å². The minimum Gasteiger partial charge on any atom is -0.494 e. The van der Waals surface area contributed by atoms with E-state index in [1.807, 2.05) is 140 Å². The number of hydrogen-bond acceptors (Lipinski definition) is 16. The first kappa shape index (κ1) is 94.8. The molecule has 2 atom stereocenters. The van der Waals surface area contributed by atoms with E-state index in [2.05, 4.69) is 37.5 Å². The number of methoxy groups -OCH3 is 2. The molecule has 0 aliphatic heterocycles. The number of carbonyl (C=O) groups is 3. The smallest absolute Gasteiger partial charge is 0.407 e. The molecular formula is C102H158N2O16. The summed E-state index contributed by atoms with van der Waals surface area (Å²) in [5, 5.41) is 5.18. The molecule has 120 heavy (non-hydrogen) atoms. The van der Waals surface area contributed by atoms with Crippen LogP contribution < -0.4 is 62.7 Å². The highest BCUT2D eigenvalue weighted by atomic mass is 16.5. The van der Waals surface area contributed by atoms with Gasteiger partial charge in [0.05, 0.1) is 34.0 Å². The second-order valence-corrected chi connectivity index (χ2v) is 31.1. The highest BCUT2D eigenvalue weighted by molar-refractivity contribution is 5.89. The fourth-order valence-corrected chi connectivity index (χ4v) is 13.8. The Morgan fingerprint density at radius 1 is 0.308 bits per heavy atom. The summed E-state index contributed by atoms with van der Waals surface area (Å²) in [6.45, 7) is 11.9. The Morgan fingerprint density at radius 2 is 0.608 bits per heavy atom. The average molecular weight is 1670 g/mol. The lowest BCUT2D eigenvalue weighted by Gasteiger charge is -2.20. The van der Waals surface area contributed by atoms with Gasteiger partial charge in [-0.1, -0.05) is 273 Å². The summed E-state index contributed by atoms with van der Waals surface area (Å²) in [5.74, 6) is 5.60. The molecule has 0 aliphatic rings. The van der Waals surface area contributed by atoms with Crippen molar-refractivity contribution in [3.63, 3.8) is 0 Å². The number of carbonyl (C=O) groups excluding carboxylic acids is 3. The van der Waals surface area contributed by atoms with Gasteiger partial charge in [0.2, 0.25) is 5.91 Å². The van der Waals surface area contributed by atoms with Gasteiger partial charge in [0.15, 0.2) is 23.0 Å². The number of benzene rings is 8. The van der Waals surface area contributed by atoms with Crippen molar-refractivity contribution in [1.29, 1.82) is 0 Å². The fourth-order valence-electron chi connectivity index (χ4n) is 13.8. The van der Waals surface area contributed by atoms with E-state index in [4.69, 9.17) is 68.0 Å². The van der Waals surface area contributed by atoms with Crippen molar-refractivity contribution in [3.8, 4) is 75.8 Å². The Hall–Kier alpha value is -10.7. The van der Waals surface area contributed by atoms with E-state index in [1.54, 1.807) is 36.4 Å². The minimum absolute atomic E-state index is 0. The summed E-state index contributed by atoms with van der Waals surface area (Å²) in [6, 6.07) is 54.1. The molecule has 0 radical (unpaired) electrons. The highest BCUT2D eigenvalue weighted by Crippen LogP contribution is 2.35. The Balaban J connectivity index is -0.00000448. The van der Waals surface area contributed by atoms with Crippen LogP contribution in [0.25, 0.3) is 0 Å². The van der Waals surface area contributed by atoms with Crippen molar-refractivity contribution >= 4 is 18.0 Å². The Morgan fingerprint density at radius 3 is 0.958 bits per heavy atom. The fraction of sp³-hybridized carbons (Fsp3) is 0.480. The summed E-state index contributed by atoms with van der Waals surface area (Å²) < 4.78 is 79.6. The Bertz CT molecular complexity index is 4240. The maximum absolute atomic E-state index is 13.4. The Kier molecular flexibility index (Phi) is 45.4. The lowest BCUT2D eigenvalue weighted by molar-refractivity contribution is -0.144. The third-order valence-electron chi connectivity index (χ3n) is 21.0. The maximum atomic E-state index is 13.4. The van der Waals surface area contributed by atoms with E-state index in [-0.39, 0.29) is 56.6 Å². The molecule has 0 spiro atoms. The second kappa shape index (κ2) is 57.5. The molecule has 2 unspecified atom stereocenters. The van der Waals surface area contributed by atoms with Gasteiger partial charge in [0.25, 0.3) is 0 Å². The van der Waals surface area contributed by atoms with Crippen LogP contribution in [0.1, 0.15) is 282 Å². The first-order valence-corrected chi connectivity index (χ1v) is 44.4. The number of esters is 1. The van der Waals surface area contributed by atoms with E-state index in [0.29, 0.717) is 84.6 Å². The van der Waals surface area contributed by atoms with E-state index in [0.717, 1.165) is 75.5 Å². The van der Waals surface area contributed by atoms with Crippen LogP contribution in [0.2, 0.25) is 0 Å². The quantitative estimate of drug-likeness (QED) is 0.0207. The van der Waals surface area contributed by atoms with Gasteiger partial charge in [0, 0.05) is 29.6 Å². The number of unbranched alkanes of at least 4 members (excludes halogenated alkanes) is 27. The predicted molar refractivity (Wildman–Crippen MR) is 501 cm³/mol. The molecule has 0 heterocycles. The van der Waals surface area contributed by atoms with Gasteiger partial charge in [0.1, 0.15) is 105 Å². The number of alkyl carbamates (subject to hydrolysis) is 1. The summed E-state index contributed by atoms with van der Waals surface area (Å²) in [5.41, 5.74) is 6.90. The topological polar surface area (TPSA) is 195 Å². The number of hydrogen-bond donors (Lipinski definition) is 2. The molecule has 0 aromatic heterocycles.